The number of carbonyl (C=O) groups is 1. The van der Waals surface area contributed by atoms with Crippen molar-refractivity contribution >= 4 is 40.2 Å². The van der Waals surface area contributed by atoms with E-state index in [-0.39, 0.29) is 11.7 Å². The van der Waals surface area contributed by atoms with Gasteiger partial charge in [-0.15, -0.1) is 11.8 Å². The van der Waals surface area contributed by atoms with E-state index in [9.17, 15) is 9.18 Å². The fourth-order valence-electron chi connectivity index (χ4n) is 3.55. The number of hydrogen-bond acceptors (Lipinski definition) is 2. The summed E-state index contributed by atoms with van der Waals surface area (Å²) in [5.74, 6) is 0.0878. The number of carbonyl (C=O) groups excluding carboxylic acids is 1. The van der Waals surface area contributed by atoms with E-state index in [1.165, 1.54) is 6.07 Å². The lowest BCUT2D eigenvalue weighted by molar-refractivity contribution is 0.0952. The molecule has 0 bridgehead atoms. The quantitative estimate of drug-likeness (QED) is 0.326. The predicted octanol–water partition coefficient (Wildman–Crippen LogP) is 6.46. The minimum Gasteiger partial charge on any atom is -0.350 e. The Morgan fingerprint density at radius 1 is 1.06 bits per heavy atom. The summed E-state index contributed by atoms with van der Waals surface area (Å²) in [6.45, 7) is 3.08. The maximum atomic E-state index is 14.1. The van der Waals surface area contributed by atoms with Gasteiger partial charge < -0.3 is 9.88 Å². The van der Waals surface area contributed by atoms with Crippen LogP contribution in [0.25, 0.3) is 10.9 Å². The Morgan fingerprint density at radius 2 is 1.84 bits per heavy atom. The number of fused-ring (bicyclic) bond motifs is 1. The van der Waals surface area contributed by atoms with E-state index in [4.69, 9.17) is 11.6 Å². The minimum absolute atomic E-state index is 0.0710. The Labute approximate surface area is 190 Å². The molecule has 1 amide bonds. The Bertz CT molecular complexity index is 1220. The molecular weight excluding hydrogens is 431 g/mol. The lowest BCUT2D eigenvalue weighted by Gasteiger charge is -2.09. The number of nitrogens with zero attached hydrogens (tertiary/aromatic N) is 1. The van der Waals surface area contributed by atoms with Gasteiger partial charge in [0.1, 0.15) is 5.82 Å². The number of benzene rings is 3. The van der Waals surface area contributed by atoms with Crippen molar-refractivity contribution in [2.75, 3.05) is 6.54 Å². The van der Waals surface area contributed by atoms with E-state index >= 15 is 0 Å². The fraction of sp³-hybridized carbons (Fsp3) is 0.160. The van der Waals surface area contributed by atoms with Crippen molar-refractivity contribution in [2.45, 2.75) is 24.1 Å². The molecule has 0 unspecified atom stereocenters. The van der Waals surface area contributed by atoms with Gasteiger partial charge in [0.05, 0.1) is 0 Å². The second-order valence-corrected chi connectivity index (χ2v) is 8.69. The number of rotatable bonds is 7. The first-order valence-electron chi connectivity index (χ1n) is 10.0. The number of hydrogen-bond donors (Lipinski definition) is 1. The van der Waals surface area contributed by atoms with Crippen molar-refractivity contribution in [3.63, 3.8) is 0 Å². The Morgan fingerprint density at radius 3 is 2.65 bits per heavy atom. The van der Waals surface area contributed by atoms with Crippen LogP contribution in [0.15, 0.2) is 77.8 Å². The normalized spacial score (nSPS) is 11.1. The summed E-state index contributed by atoms with van der Waals surface area (Å²) in [6.07, 6.45) is 2.06. The van der Waals surface area contributed by atoms with Gasteiger partial charge in [-0.25, -0.2) is 4.39 Å². The zero-order chi connectivity index (χ0) is 21.8. The molecule has 4 aromatic rings. The summed E-state index contributed by atoms with van der Waals surface area (Å²) >= 11 is 7.74. The first kappa shape index (κ1) is 21.5. The highest BCUT2D eigenvalue weighted by Gasteiger charge is 2.13. The SMILES string of the molecule is Cc1ccccc1C(=O)NCCn1cc(SCc2c(F)cccc2Cl)c2ccccc21. The molecule has 0 saturated heterocycles. The number of halogens is 2. The molecule has 1 aromatic heterocycles. The average molecular weight is 453 g/mol. The largest absolute Gasteiger partial charge is 0.350 e. The zero-order valence-corrected chi connectivity index (χ0v) is 18.6. The predicted molar refractivity (Wildman–Crippen MR) is 126 cm³/mol. The first-order valence-corrected chi connectivity index (χ1v) is 11.4. The van der Waals surface area contributed by atoms with Crippen molar-refractivity contribution in [2.24, 2.45) is 0 Å². The van der Waals surface area contributed by atoms with Crippen LogP contribution in [0.4, 0.5) is 4.39 Å². The molecule has 0 aliphatic carbocycles. The molecule has 0 spiro atoms. The summed E-state index contributed by atoms with van der Waals surface area (Å²) in [5, 5.41) is 4.54. The van der Waals surface area contributed by atoms with Gasteiger partial charge in [-0.2, -0.15) is 0 Å². The standard InChI is InChI=1S/C25H22ClFN2OS/c1-17-7-2-3-8-18(17)25(30)28-13-14-29-15-24(19-9-4-5-12-23(19)29)31-16-20-21(26)10-6-11-22(20)27/h2-12,15H,13-14,16H2,1H3,(H,28,30). The third-order valence-electron chi connectivity index (χ3n) is 5.21. The molecule has 31 heavy (non-hydrogen) atoms. The van der Waals surface area contributed by atoms with Crippen molar-refractivity contribution < 1.29 is 9.18 Å². The first-order chi connectivity index (χ1) is 15.0. The molecule has 1 heterocycles. The Hall–Kier alpha value is -2.76. The molecule has 0 atom stereocenters. The van der Waals surface area contributed by atoms with Crippen LogP contribution in [0.3, 0.4) is 0 Å². The van der Waals surface area contributed by atoms with Gasteiger partial charge in [0.25, 0.3) is 5.91 Å². The third kappa shape index (κ3) is 4.78. The molecule has 0 aliphatic rings. The summed E-state index contributed by atoms with van der Waals surface area (Å²) in [5.41, 5.74) is 3.24. The van der Waals surface area contributed by atoms with Crippen LogP contribution in [0.5, 0.6) is 0 Å². The van der Waals surface area contributed by atoms with E-state index < -0.39 is 0 Å². The smallest absolute Gasteiger partial charge is 0.251 e. The lowest BCUT2D eigenvalue weighted by Crippen LogP contribution is -2.27. The van der Waals surface area contributed by atoms with Gasteiger partial charge in [0.2, 0.25) is 0 Å². The van der Waals surface area contributed by atoms with Crippen molar-refractivity contribution in [3.05, 3.63) is 100 Å². The molecule has 0 fully saturated rings. The summed E-state index contributed by atoms with van der Waals surface area (Å²) in [4.78, 5) is 13.5. The molecule has 0 radical (unpaired) electrons. The van der Waals surface area contributed by atoms with E-state index in [1.54, 1.807) is 23.9 Å². The van der Waals surface area contributed by atoms with Crippen LogP contribution in [0.1, 0.15) is 21.5 Å². The molecule has 0 saturated carbocycles. The molecule has 0 aliphatic heterocycles. The highest BCUT2D eigenvalue weighted by Crippen LogP contribution is 2.34. The van der Waals surface area contributed by atoms with Crippen LogP contribution in [-0.2, 0) is 12.3 Å². The third-order valence-corrected chi connectivity index (χ3v) is 6.64. The summed E-state index contributed by atoms with van der Waals surface area (Å²) in [7, 11) is 0. The summed E-state index contributed by atoms with van der Waals surface area (Å²) < 4.78 is 16.3. The van der Waals surface area contributed by atoms with Gasteiger partial charge in [-0.05, 0) is 36.8 Å². The molecule has 6 heteroatoms. The van der Waals surface area contributed by atoms with Crippen molar-refractivity contribution in [1.29, 1.82) is 0 Å². The molecule has 1 N–H and O–H groups in total. The Balaban J connectivity index is 1.48. The van der Waals surface area contributed by atoms with Crippen LogP contribution >= 0.6 is 23.4 Å². The van der Waals surface area contributed by atoms with Crippen molar-refractivity contribution in [3.8, 4) is 0 Å². The van der Waals surface area contributed by atoms with Crippen LogP contribution < -0.4 is 5.32 Å². The maximum absolute atomic E-state index is 14.1. The summed E-state index contributed by atoms with van der Waals surface area (Å²) in [6, 6.07) is 20.4. The lowest BCUT2D eigenvalue weighted by atomic mass is 10.1. The van der Waals surface area contributed by atoms with E-state index in [0.29, 0.717) is 35.0 Å². The number of para-hydroxylation sites is 1. The molecular formula is C25H22ClFN2OS. The van der Waals surface area contributed by atoms with Crippen LogP contribution in [-0.4, -0.2) is 17.0 Å². The Kier molecular flexibility index (Phi) is 6.64. The molecule has 4 rings (SSSR count). The highest BCUT2D eigenvalue weighted by molar-refractivity contribution is 7.98. The molecule has 158 valence electrons. The van der Waals surface area contributed by atoms with Gasteiger partial charge in [0, 0.05) is 57.0 Å². The second-order valence-electron chi connectivity index (χ2n) is 7.26. The van der Waals surface area contributed by atoms with Crippen molar-refractivity contribution in [1.82, 2.24) is 9.88 Å². The van der Waals surface area contributed by atoms with E-state index in [2.05, 4.69) is 28.2 Å². The number of aromatic nitrogens is 1. The zero-order valence-electron chi connectivity index (χ0n) is 17.1. The number of thioether (sulfide) groups is 1. The monoisotopic (exact) mass is 452 g/mol. The van der Waals surface area contributed by atoms with Gasteiger partial charge >= 0.3 is 0 Å². The average Bonchev–Trinajstić information content (AvgIpc) is 3.11. The second kappa shape index (κ2) is 9.58. The highest BCUT2D eigenvalue weighted by atomic mass is 35.5. The topological polar surface area (TPSA) is 34.0 Å². The van der Waals surface area contributed by atoms with Gasteiger partial charge in [0.15, 0.2) is 0 Å². The van der Waals surface area contributed by atoms with Crippen LogP contribution in [0, 0.1) is 12.7 Å². The maximum Gasteiger partial charge on any atom is 0.251 e. The van der Waals surface area contributed by atoms with Gasteiger partial charge in [-0.3, -0.25) is 4.79 Å². The van der Waals surface area contributed by atoms with Gasteiger partial charge in [-0.1, -0.05) is 54.1 Å². The van der Waals surface area contributed by atoms with E-state index in [1.807, 2.05) is 43.3 Å². The molecule has 3 nitrogen and oxygen atoms in total. The number of nitrogens with one attached hydrogen (secondary N) is 1. The number of amides is 1. The number of aryl methyl sites for hydroxylation is 1. The van der Waals surface area contributed by atoms with Crippen LogP contribution in [0.2, 0.25) is 5.02 Å². The minimum atomic E-state index is -0.289. The molecule has 3 aromatic carbocycles. The van der Waals surface area contributed by atoms with E-state index in [0.717, 1.165) is 21.4 Å². The fourth-order valence-corrected chi connectivity index (χ4v) is 4.98.